The molecule has 2 rings (SSSR count). The van der Waals surface area contributed by atoms with Crippen molar-refractivity contribution in [1.82, 2.24) is 10.1 Å². The van der Waals surface area contributed by atoms with E-state index in [9.17, 15) is 8.42 Å². The van der Waals surface area contributed by atoms with Crippen molar-refractivity contribution in [1.29, 1.82) is 0 Å². The maximum atomic E-state index is 11.0. The predicted octanol–water partition coefficient (Wildman–Crippen LogP) is 0.382. The molecule has 6 nitrogen and oxygen atoms in total. The van der Waals surface area contributed by atoms with E-state index < -0.39 is 15.9 Å². The number of hydrogen-bond donors (Lipinski definition) is 1. The lowest BCUT2D eigenvalue weighted by Crippen LogP contribution is -2.16. The number of aromatic nitrogens is 2. The third-order valence-electron chi connectivity index (χ3n) is 2.52. The Morgan fingerprint density at radius 3 is 2.81 bits per heavy atom. The minimum Gasteiger partial charge on any atom is -0.338 e. The molecular formula is C9H15N3O3S. The van der Waals surface area contributed by atoms with Gasteiger partial charge in [0.15, 0.2) is 5.82 Å². The summed E-state index contributed by atoms with van der Waals surface area (Å²) in [6.45, 7) is 0. The van der Waals surface area contributed by atoms with Gasteiger partial charge in [-0.05, 0) is 19.3 Å². The van der Waals surface area contributed by atoms with Crippen LogP contribution in [0.25, 0.3) is 0 Å². The van der Waals surface area contributed by atoms with E-state index in [-0.39, 0.29) is 5.75 Å². The summed E-state index contributed by atoms with van der Waals surface area (Å²) < 4.78 is 26.9. The molecule has 1 heterocycles. The second-order valence-electron chi connectivity index (χ2n) is 4.29. The van der Waals surface area contributed by atoms with Gasteiger partial charge >= 0.3 is 0 Å². The first kappa shape index (κ1) is 11.5. The second kappa shape index (κ2) is 4.14. The molecule has 0 amide bonds. The Labute approximate surface area is 94.1 Å². The summed E-state index contributed by atoms with van der Waals surface area (Å²) in [5.41, 5.74) is 5.78. The molecule has 1 aliphatic rings. The Kier molecular flexibility index (Phi) is 2.98. The molecule has 0 spiro atoms. The van der Waals surface area contributed by atoms with Crippen molar-refractivity contribution in [3.8, 4) is 0 Å². The van der Waals surface area contributed by atoms with Gasteiger partial charge in [0.2, 0.25) is 5.89 Å². The topological polar surface area (TPSA) is 99.1 Å². The van der Waals surface area contributed by atoms with Crippen LogP contribution >= 0.6 is 0 Å². The lowest BCUT2D eigenvalue weighted by molar-refractivity contribution is 0.348. The van der Waals surface area contributed by atoms with E-state index in [1.54, 1.807) is 0 Å². The van der Waals surface area contributed by atoms with E-state index in [1.165, 1.54) is 6.26 Å². The van der Waals surface area contributed by atoms with Crippen LogP contribution in [0.5, 0.6) is 0 Å². The van der Waals surface area contributed by atoms with Gasteiger partial charge in [0.05, 0.1) is 11.8 Å². The molecule has 1 aliphatic carbocycles. The molecule has 0 bridgehead atoms. The number of rotatable bonds is 5. The van der Waals surface area contributed by atoms with Crippen molar-refractivity contribution in [3.05, 3.63) is 11.7 Å². The van der Waals surface area contributed by atoms with Crippen LogP contribution in [-0.4, -0.2) is 30.6 Å². The van der Waals surface area contributed by atoms with Crippen molar-refractivity contribution in [3.63, 3.8) is 0 Å². The smallest absolute Gasteiger partial charge is 0.243 e. The van der Waals surface area contributed by atoms with Gasteiger partial charge in [-0.3, -0.25) is 0 Å². The summed E-state index contributed by atoms with van der Waals surface area (Å²) in [7, 11) is -2.99. The lowest BCUT2D eigenvalue weighted by atomic mass is 10.2. The van der Waals surface area contributed by atoms with Gasteiger partial charge in [0, 0.05) is 12.2 Å². The Balaban J connectivity index is 1.94. The van der Waals surface area contributed by atoms with Crippen LogP contribution in [-0.2, 0) is 9.84 Å². The molecule has 2 N–H and O–H groups in total. The monoisotopic (exact) mass is 245 g/mol. The molecule has 7 heteroatoms. The number of sulfone groups is 1. The maximum absolute atomic E-state index is 11.0. The van der Waals surface area contributed by atoms with Crippen molar-refractivity contribution >= 4 is 9.84 Å². The van der Waals surface area contributed by atoms with Crippen molar-refractivity contribution in [2.75, 3.05) is 12.0 Å². The molecule has 1 unspecified atom stereocenters. The first-order valence-electron chi connectivity index (χ1n) is 5.22. The fourth-order valence-electron chi connectivity index (χ4n) is 1.37. The molecular weight excluding hydrogens is 230 g/mol. The molecule has 90 valence electrons. The summed E-state index contributed by atoms with van der Waals surface area (Å²) >= 11 is 0. The van der Waals surface area contributed by atoms with Crippen LogP contribution in [0.15, 0.2) is 4.52 Å². The van der Waals surface area contributed by atoms with Crippen LogP contribution in [0.4, 0.5) is 0 Å². The van der Waals surface area contributed by atoms with Crippen LogP contribution in [0.3, 0.4) is 0 Å². The fraction of sp³-hybridized carbons (Fsp3) is 0.778. The Bertz CT molecular complexity index is 464. The second-order valence-corrected chi connectivity index (χ2v) is 6.55. The molecule has 0 aliphatic heterocycles. The number of nitrogens with zero attached hydrogens (tertiary/aromatic N) is 2. The zero-order valence-corrected chi connectivity index (χ0v) is 9.90. The zero-order valence-electron chi connectivity index (χ0n) is 9.09. The van der Waals surface area contributed by atoms with E-state index in [1.807, 2.05) is 0 Å². The van der Waals surface area contributed by atoms with E-state index in [2.05, 4.69) is 10.1 Å². The van der Waals surface area contributed by atoms with Crippen LogP contribution in [0, 0.1) is 0 Å². The van der Waals surface area contributed by atoms with Gasteiger partial charge in [-0.1, -0.05) is 5.16 Å². The average Bonchev–Trinajstić information content (AvgIpc) is 2.92. The minimum atomic E-state index is -2.99. The van der Waals surface area contributed by atoms with Gasteiger partial charge in [-0.15, -0.1) is 0 Å². The lowest BCUT2D eigenvalue weighted by Gasteiger charge is -2.04. The maximum Gasteiger partial charge on any atom is 0.243 e. The third-order valence-corrected chi connectivity index (χ3v) is 3.49. The summed E-state index contributed by atoms with van der Waals surface area (Å²) in [6, 6.07) is -0.491. The molecule has 1 saturated carbocycles. The Hall–Kier alpha value is -0.950. The molecule has 1 aromatic rings. The number of hydrogen-bond acceptors (Lipinski definition) is 6. The van der Waals surface area contributed by atoms with Crippen molar-refractivity contribution in [2.24, 2.45) is 5.73 Å². The molecule has 1 atom stereocenters. The summed E-state index contributed by atoms with van der Waals surface area (Å²) in [5.74, 6) is 1.49. The molecule has 16 heavy (non-hydrogen) atoms. The largest absolute Gasteiger partial charge is 0.338 e. The van der Waals surface area contributed by atoms with E-state index in [0.717, 1.165) is 12.8 Å². The zero-order chi connectivity index (χ0) is 11.8. The Morgan fingerprint density at radius 1 is 1.56 bits per heavy atom. The summed E-state index contributed by atoms with van der Waals surface area (Å²) in [6.07, 6.45) is 3.68. The SMILES string of the molecule is CS(=O)(=O)CCC(N)c1nc(C2CC2)no1. The molecule has 0 radical (unpaired) electrons. The highest BCUT2D eigenvalue weighted by atomic mass is 32.2. The predicted molar refractivity (Wildman–Crippen MR) is 57.5 cm³/mol. The first-order valence-corrected chi connectivity index (χ1v) is 7.28. The quantitative estimate of drug-likeness (QED) is 0.805. The summed E-state index contributed by atoms with van der Waals surface area (Å²) in [4.78, 5) is 4.18. The molecule has 0 aromatic carbocycles. The third kappa shape index (κ3) is 3.02. The molecule has 1 fully saturated rings. The highest BCUT2D eigenvalue weighted by Gasteiger charge is 2.29. The summed E-state index contributed by atoms with van der Waals surface area (Å²) in [5, 5.41) is 3.83. The highest BCUT2D eigenvalue weighted by Crippen LogP contribution is 2.38. The van der Waals surface area contributed by atoms with Gasteiger partial charge in [-0.2, -0.15) is 4.98 Å². The minimum absolute atomic E-state index is 0.0370. The van der Waals surface area contributed by atoms with Crippen LogP contribution in [0.2, 0.25) is 0 Å². The van der Waals surface area contributed by atoms with Crippen molar-refractivity contribution < 1.29 is 12.9 Å². The van der Waals surface area contributed by atoms with E-state index in [4.69, 9.17) is 10.3 Å². The molecule has 0 saturated heterocycles. The average molecular weight is 245 g/mol. The van der Waals surface area contributed by atoms with Gasteiger partial charge in [0.25, 0.3) is 0 Å². The van der Waals surface area contributed by atoms with Gasteiger partial charge in [0.1, 0.15) is 9.84 Å². The van der Waals surface area contributed by atoms with Crippen molar-refractivity contribution in [2.45, 2.75) is 31.2 Å². The highest BCUT2D eigenvalue weighted by molar-refractivity contribution is 7.90. The first-order chi connectivity index (χ1) is 7.46. The number of nitrogens with two attached hydrogens (primary N) is 1. The van der Waals surface area contributed by atoms with Crippen LogP contribution < -0.4 is 5.73 Å². The standard InChI is InChI=1S/C9H15N3O3S/c1-16(13,14)5-4-7(10)9-11-8(12-15-9)6-2-3-6/h6-7H,2-5,10H2,1H3. The normalized spacial score (nSPS) is 18.6. The van der Waals surface area contributed by atoms with E-state index >= 15 is 0 Å². The fourth-order valence-corrected chi connectivity index (χ4v) is 2.05. The van der Waals surface area contributed by atoms with E-state index in [0.29, 0.717) is 24.1 Å². The molecule has 1 aromatic heterocycles. The van der Waals surface area contributed by atoms with Gasteiger partial charge < -0.3 is 10.3 Å². The van der Waals surface area contributed by atoms with Gasteiger partial charge in [-0.25, -0.2) is 8.42 Å². The van der Waals surface area contributed by atoms with Crippen LogP contribution in [0.1, 0.15) is 42.9 Å². The Morgan fingerprint density at radius 2 is 2.25 bits per heavy atom.